The van der Waals surface area contributed by atoms with E-state index in [-0.39, 0.29) is 48.7 Å². The van der Waals surface area contributed by atoms with Crippen LogP contribution in [0.2, 0.25) is 0 Å². The minimum Gasteiger partial charge on any atom is -0.379 e. The Balaban J connectivity index is 0.691. The van der Waals surface area contributed by atoms with Gasteiger partial charge in [0.2, 0.25) is 23.6 Å². The smallest absolute Gasteiger partial charge is 0.251 e. The van der Waals surface area contributed by atoms with Gasteiger partial charge in [-0.05, 0) is 105 Å². The van der Waals surface area contributed by atoms with Crippen LogP contribution in [0.25, 0.3) is 22.0 Å². The van der Waals surface area contributed by atoms with E-state index in [1.165, 1.54) is 12.4 Å². The number of aromatic nitrogens is 6. The molecule has 6 aromatic rings. The Morgan fingerprint density at radius 3 is 2.15 bits per heavy atom. The highest BCUT2D eigenvalue weighted by atomic mass is 32.1. The first-order chi connectivity index (χ1) is 41.6. The molecule has 86 heavy (non-hydrogen) atoms. The molecule has 23 heteroatoms. The van der Waals surface area contributed by atoms with Gasteiger partial charge in [-0.3, -0.25) is 24.0 Å². The maximum Gasteiger partial charge on any atom is 0.251 e. The first-order valence-electron chi connectivity index (χ1n) is 29.6. The van der Waals surface area contributed by atoms with Crippen LogP contribution in [-0.2, 0) is 59.6 Å². The molecule has 3 aromatic heterocycles. The minimum atomic E-state index is -0.766. The van der Waals surface area contributed by atoms with E-state index < -0.39 is 35.0 Å². The van der Waals surface area contributed by atoms with E-state index in [0.717, 1.165) is 65.9 Å². The third kappa shape index (κ3) is 20.3. The molecule has 4 N–H and O–H groups in total. The number of amides is 5. The highest BCUT2D eigenvalue weighted by Crippen LogP contribution is 2.29. The molecule has 0 aliphatic carbocycles. The molecular formula is C63H82F2N12O8S. The van der Waals surface area contributed by atoms with Crippen molar-refractivity contribution in [3.63, 3.8) is 0 Å². The number of aryl methyl sites for hydroxylation is 1. The second-order valence-electron chi connectivity index (χ2n) is 22.4. The van der Waals surface area contributed by atoms with Gasteiger partial charge in [0.1, 0.15) is 35.7 Å². The summed E-state index contributed by atoms with van der Waals surface area (Å²) < 4.78 is 47.3. The number of unbranched alkanes of at least 4 members (excludes halogenated alkanes) is 4. The van der Waals surface area contributed by atoms with Crippen LogP contribution >= 0.6 is 11.3 Å². The standard InChI is InChI=1S/C63H82F2N12O8S/c1-44-57(86-43-71-44)46-25-23-45(24-26-46)39-68-61(81)53-20-14-30-76(53)62(82)58(63(2,3)4)72-55(78)21-8-6-10-32-83-34-36-85-37-35-84-33-11-7-9-22-56(79)75(5)29-15-31-77-54(73-74-59(77)52-27-28-66-42-70-52)41-67-48-17-12-16-47(38-48)60(80)69-40-49-50(64)18-13-19-51(49)65/h12-13,16-19,23-28,38,42-43,53,58,67H,6-11,14-15,20-22,29-37,39-41H2,1-5H3,(H,68,81)(H,69,80)(H,72,78)/t53-,58?/m0/s1. The first kappa shape index (κ1) is 65.9. The van der Waals surface area contributed by atoms with Crippen LogP contribution in [0.1, 0.15) is 124 Å². The summed E-state index contributed by atoms with van der Waals surface area (Å²) in [6.45, 7) is 12.5. The number of anilines is 1. The lowest BCUT2D eigenvalue weighted by atomic mass is 9.85. The van der Waals surface area contributed by atoms with E-state index in [9.17, 15) is 32.8 Å². The van der Waals surface area contributed by atoms with Crippen molar-refractivity contribution in [2.24, 2.45) is 5.41 Å². The molecule has 4 heterocycles. The topological polar surface area (TPSA) is 237 Å². The Morgan fingerprint density at radius 1 is 0.779 bits per heavy atom. The average Bonchev–Trinajstić information content (AvgIpc) is 3.61. The SMILES string of the molecule is Cc1ncsc1-c1ccc(CNC(=O)[C@@H]2CCCN2C(=O)C(NC(=O)CCCCCOCCOCCOCCCCCC(=O)N(C)CCCn2c(CNc3cccc(C(=O)NCc4c(F)cccc4F)c3)nnc2-c2ccncn2)C(C)(C)C)cc1. The summed E-state index contributed by atoms with van der Waals surface area (Å²) in [6, 6.07) is 18.7. The van der Waals surface area contributed by atoms with Gasteiger partial charge in [-0.1, -0.05) is 70.0 Å². The van der Waals surface area contributed by atoms with Gasteiger partial charge in [0, 0.05) is 88.8 Å². The Hall–Kier alpha value is -7.60. The quantitative estimate of drug-likeness (QED) is 0.0272. The summed E-state index contributed by atoms with van der Waals surface area (Å²) in [7, 11) is 1.80. The van der Waals surface area contributed by atoms with E-state index in [0.29, 0.717) is 127 Å². The summed E-state index contributed by atoms with van der Waals surface area (Å²) in [6.07, 6.45) is 10.4. The van der Waals surface area contributed by atoms with Gasteiger partial charge in [0.15, 0.2) is 11.6 Å². The number of benzene rings is 3. The van der Waals surface area contributed by atoms with Crippen LogP contribution in [0.5, 0.6) is 0 Å². The number of nitrogens with zero attached hydrogens (tertiary/aromatic N) is 8. The minimum absolute atomic E-state index is 0.0576. The Bertz CT molecular complexity index is 3100. The van der Waals surface area contributed by atoms with Gasteiger partial charge in [-0.15, -0.1) is 21.5 Å². The van der Waals surface area contributed by atoms with Gasteiger partial charge < -0.3 is 49.8 Å². The number of likely N-dealkylation sites (tertiary alicyclic amines) is 1. The summed E-state index contributed by atoms with van der Waals surface area (Å²) >= 11 is 1.60. The van der Waals surface area contributed by atoms with E-state index in [4.69, 9.17) is 14.2 Å². The van der Waals surface area contributed by atoms with Crippen LogP contribution in [0.3, 0.4) is 0 Å². The molecule has 0 radical (unpaired) electrons. The van der Waals surface area contributed by atoms with Crippen LogP contribution in [0.15, 0.2) is 90.8 Å². The third-order valence-corrected chi connectivity index (χ3v) is 15.8. The van der Waals surface area contributed by atoms with Gasteiger partial charge >= 0.3 is 0 Å². The van der Waals surface area contributed by atoms with E-state index in [2.05, 4.69) is 46.4 Å². The van der Waals surface area contributed by atoms with Crippen LogP contribution in [0, 0.1) is 24.0 Å². The number of ether oxygens (including phenoxy) is 3. The van der Waals surface area contributed by atoms with Gasteiger partial charge in [0.05, 0.1) is 49.1 Å². The fraction of sp³-hybridized carbons (Fsp3) is 0.492. The zero-order valence-electron chi connectivity index (χ0n) is 50.1. The molecule has 462 valence electrons. The zero-order chi connectivity index (χ0) is 61.3. The van der Waals surface area contributed by atoms with Crippen molar-refractivity contribution in [2.45, 2.75) is 137 Å². The summed E-state index contributed by atoms with van der Waals surface area (Å²) in [5.74, 6) is -1.35. The number of rotatable bonds is 35. The van der Waals surface area contributed by atoms with Crippen molar-refractivity contribution in [3.8, 4) is 22.0 Å². The Kier molecular flexibility index (Phi) is 26.0. The molecule has 7 rings (SSSR count). The molecular weight excluding hydrogens is 1120 g/mol. The third-order valence-electron chi connectivity index (χ3n) is 14.8. The first-order valence-corrected chi connectivity index (χ1v) is 30.5. The monoisotopic (exact) mass is 1200 g/mol. The fourth-order valence-electron chi connectivity index (χ4n) is 9.89. The molecule has 1 aliphatic rings. The number of hydrogen-bond donors (Lipinski definition) is 4. The molecule has 0 spiro atoms. The molecule has 1 saturated heterocycles. The lowest BCUT2D eigenvalue weighted by molar-refractivity contribution is -0.144. The molecule has 1 fully saturated rings. The second kappa shape index (κ2) is 33.9. The number of hydrogen-bond acceptors (Lipinski definition) is 15. The molecule has 2 atom stereocenters. The van der Waals surface area contributed by atoms with Crippen molar-refractivity contribution in [1.82, 2.24) is 55.5 Å². The number of halogens is 2. The maximum absolute atomic E-state index is 14.1. The molecule has 1 aliphatic heterocycles. The number of carbonyl (C=O) groups is 5. The van der Waals surface area contributed by atoms with Crippen molar-refractivity contribution in [1.29, 1.82) is 0 Å². The molecule has 0 bridgehead atoms. The largest absolute Gasteiger partial charge is 0.379 e. The highest BCUT2D eigenvalue weighted by molar-refractivity contribution is 7.13. The fourth-order valence-corrected chi connectivity index (χ4v) is 10.7. The average molecular weight is 1210 g/mol. The number of nitrogens with one attached hydrogen (secondary N) is 4. The number of thiazole rings is 1. The van der Waals surface area contributed by atoms with E-state index in [1.807, 2.05) is 62.0 Å². The second-order valence-corrected chi connectivity index (χ2v) is 23.2. The lowest BCUT2D eigenvalue weighted by Gasteiger charge is -2.35. The summed E-state index contributed by atoms with van der Waals surface area (Å²) in [4.78, 5) is 83.7. The molecule has 3 aromatic carbocycles. The van der Waals surface area contributed by atoms with Crippen LogP contribution < -0.4 is 21.3 Å². The van der Waals surface area contributed by atoms with E-state index >= 15 is 0 Å². The van der Waals surface area contributed by atoms with Crippen molar-refractivity contribution in [3.05, 3.63) is 131 Å². The van der Waals surface area contributed by atoms with Crippen LogP contribution in [0.4, 0.5) is 14.5 Å². The number of carbonyl (C=O) groups excluding carboxylic acids is 5. The highest BCUT2D eigenvalue weighted by Gasteiger charge is 2.42. The zero-order valence-corrected chi connectivity index (χ0v) is 50.9. The van der Waals surface area contributed by atoms with Gasteiger partial charge in [0.25, 0.3) is 5.91 Å². The van der Waals surface area contributed by atoms with E-state index in [1.54, 1.807) is 64.7 Å². The Morgan fingerprint density at radius 2 is 1.48 bits per heavy atom. The normalized spacial score (nSPS) is 13.6. The van der Waals surface area contributed by atoms with Crippen molar-refractivity contribution in [2.75, 3.05) is 65.1 Å². The predicted molar refractivity (Wildman–Crippen MR) is 324 cm³/mol. The molecule has 20 nitrogen and oxygen atoms in total. The van der Waals surface area contributed by atoms with Gasteiger partial charge in [-0.25, -0.2) is 23.7 Å². The molecule has 0 saturated carbocycles. The summed E-state index contributed by atoms with van der Waals surface area (Å²) in [5.41, 5.74) is 5.61. The molecule has 5 amide bonds. The van der Waals surface area contributed by atoms with Crippen LogP contribution in [-0.4, -0.2) is 141 Å². The lowest BCUT2D eigenvalue weighted by Crippen LogP contribution is -2.57. The molecule has 1 unspecified atom stereocenters. The maximum atomic E-state index is 14.1. The van der Waals surface area contributed by atoms with Gasteiger partial charge in [-0.2, -0.15) is 0 Å². The Labute approximate surface area is 506 Å². The van der Waals surface area contributed by atoms with Crippen molar-refractivity contribution < 1.29 is 47.0 Å². The van der Waals surface area contributed by atoms with Crippen molar-refractivity contribution >= 4 is 46.6 Å². The predicted octanol–water partition coefficient (Wildman–Crippen LogP) is 8.84. The summed E-state index contributed by atoms with van der Waals surface area (Å²) in [5, 5.41) is 20.8.